The minimum atomic E-state index is 0.636. The molecular weight excluding hydrogens is 404 g/mol. The van der Waals surface area contributed by atoms with Crippen molar-refractivity contribution in [3.8, 4) is 0 Å². The standard InChI is InChI=1S/2C10H15N.C9H14N2/c1-7(2)9-6-11-10-5-3-4-8(9)10;1-7(2)10-9-5-3-4-8(9)6-11-10;1-7(2)8-6-10-11-5-3-4-9(8)11/h2*7H,3-6H2,1-2H3;6-7H,3-5H2,1-2H3. The van der Waals surface area contributed by atoms with Crippen molar-refractivity contribution in [2.45, 2.75) is 105 Å². The molecule has 0 saturated heterocycles. The van der Waals surface area contributed by atoms with E-state index in [1.54, 1.807) is 22.3 Å². The van der Waals surface area contributed by atoms with E-state index in [4.69, 9.17) is 0 Å². The van der Waals surface area contributed by atoms with Crippen LogP contribution in [0, 0.1) is 11.8 Å². The lowest BCUT2D eigenvalue weighted by Crippen LogP contribution is -2.07. The molecule has 3 aliphatic heterocycles. The van der Waals surface area contributed by atoms with Gasteiger partial charge in [-0.05, 0) is 97.0 Å². The van der Waals surface area contributed by atoms with Gasteiger partial charge in [0.25, 0.3) is 0 Å². The Morgan fingerprint density at radius 1 is 0.727 bits per heavy atom. The Bertz CT molecular complexity index is 981. The SMILES string of the molecule is CC(C)C1=C2CCCC2=NC1.CC(C)C1=NCC2=C1CCC2.CC(C)c1cnn2c1CCC2. The fraction of sp³-hybridized carbons (Fsp3) is 0.690. The second-order valence-electron chi connectivity index (χ2n) is 11.1. The Labute approximate surface area is 201 Å². The highest BCUT2D eigenvalue weighted by Crippen LogP contribution is 2.34. The van der Waals surface area contributed by atoms with Gasteiger partial charge < -0.3 is 0 Å². The Morgan fingerprint density at radius 2 is 1.48 bits per heavy atom. The molecule has 5 aliphatic rings. The first-order valence-electron chi connectivity index (χ1n) is 13.4. The van der Waals surface area contributed by atoms with Crippen LogP contribution in [0.1, 0.15) is 104 Å². The number of fused-ring (bicyclic) bond motifs is 2. The van der Waals surface area contributed by atoms with Crippen LogP contribution in [0.5, 0.6) is 0 Å². The summed E-state index contributed by atoms with van der Waals surface area (Å²) in [6, 6.07) is 0. The molecule has 4 nitrogen and oxygen atoms in total. The molecule has 1 saturated carbocycles. The monoisotopic (exact) mass is 448 g/mol. The topological polar surface area (TPSA) is 42.5 Å². The van der Waals surface area contributed by atoms with Crippen LogP contribution in [0.25, 0.3) is 0 Å². The lowest BCUT2D eigenvalue weighted by molar-refractivity contribution is 0.656. The second kappa shape index (κ2) is 10.5. The molecule has 0 atom stereocenters. The van der Waals surface area contributed by atoms with E-state index >= 15 is 0 Å². The van der Waals surface area contributed by atoms with Gasteiger partial charge in [0.2, 0.25) is 0 Å². The van der Waals surface area contributed by atoms with E-state index in [1.165, 1.54) is 74.0 Å². The molecule has 0 N–H and O–H groups in total. The highest BCUT2D eigenvalue weighted by Gasteiger charge is 2.25. The zero-order valence-corrected chi connectivity index (χ0v) is 21.9. The van der Waals surface area contributed by atoms with E-state index in [0.29, 0.717) is 17.8 Å². The van der Waals surface area contributed by atoms with E-state index in [-0.39, 0.29) is 0 Å². The smallest absolute Gasteiger partial charge is 0.0611 e. The summed E-state index contributed by atoms with van der Waals surface area (Å²) >= 11 is 0. The van der Waals surface area contributed by atoms with Crippen LogP contribution < -0.4 is 0 Å². The number of allylic oxidation sites excluding steroid dienone is 2. The molecule has 0 aromatic carbocycles. The van der Waals surface area contributed by atoms with Crippen molar-refractivity contribution < 1.29 is 0 Å². The molecule has 1 fully saturated rings. The second-order valence-corrected chi connectivity index (χ2v) is 11.1. The number of aryl methyl sites for hydroxylation is 1. The van der Waals surface area contributed by atoms with Crippen LogP contribution in [0.3, 0.4) is 0 Å². The Balaban J connectivity index is 0.000000118. The van der Waals surface area contributed by atoms with Gasteiger partial charge >= 0.3 is 0 Å². The molecule has 0 unspecified atom stereocenters. The third-order valence-corrected chi connectivity index (χ3v) is 7.73. The summed E-state index contributed by atoms with van der Waals surface area (Å²) in [4.78, 5) is 9.11. The summed E-state index contributed by atoms with van der Waals surface area (Å²) in [5.41, 5.74) is 12.2. The molecule has 6 rings (SSSR count). The number of aromatic nitrogens is 2. The van der Waals surface area contributed by atoms with Gasteiger partial charge in [-0.15, -0.1) is 0 Å². The number of rotatable bonds is 3. The van der Waals surface area contributed by atoms with Gasteiger partial charge in [0.05, 0.1) is 19.3 Å². The molecule has 0 spiro atoms. The van der Waals surface area contributed by atoms with Crippen molar-refractivity contribution in [3.63, 3.8) is 0 Å². The zero-order valence-electron chi connectivity index (χ0n) is 21.9. The third-order valence-electron chi connectivity index (χ3n) is 7.73. The van der Waals surface area contributed by atoms with Crippen LogP contribution in [0.15, 0.2) is 38.5 Å². The highest BCUT2D eigenvalue weighted by molar-refractivity contribution is 6.05. The molecule has 0 radical (unpaired) electrons. The van der Waals surface area contributed by atoms with Crippen molar-refractivity contribution in [2.75, 3.05) is 13.1 Å². The predicted molar refractivity (Wildman–Crippen MR) is 141 cm³/mol. The maximum atomic E-state index is 4.56. The average molecular weight is 449 g/mol. The first-order valence-corrected chi connectivity index (χ1v) is 13.4. The van der Waals surface area contributed by atoms with Gasteiger partial charge in [0.1, 0.15) is 0 Å². The molecule has 1 aromatic rings. The van der Waals surface area contributed by atoms with E-state index < -0.39 is 0 Å². The maximum Gasteiger partial charge on any atom is 0.0611 e. The molecule has 4 heteroatoms. The van der Waals surface area contributed by atoms with Gasteiger partial charge in [-0.3, -0.25) is 14.7 Å². The summed E-state index contributed by atoms with van der Waals surface area (Å²) in [6.07, 6.45) is 12.4. The first kappa shape index (κ1) is 24.2. The van der Waals surface area contributed by atoms with Gasteiger partial charge in [-0.2, -0.15) is 5.10 Å². The van der Waals surface area contributed by atoms with Crippen LogP contribution in [0.4, 0.5) is 0 Å². The summed E-state index contributed by atoms with van der Waals surface area (Å²) in [6.45, 7) is 16.7. The van der Waals surface area contributed by atoms with E-state index in [9.17, 15) is 0 Å². The van der Waals surface area contributed by atoms with Crippen LogP contribution in [-0.2, 0) is 13.0 Å². The van der Waals surface area contributed by atoms with Gasteiger partial charge in [0, 0.05) is 23.7 Å². The van der Waals surface area contributed by atoms with E-state index in [1.807, 2.05) is 6.20 Å². The first-order chi connectivity index (χ1) is 15.9. The molecule has 0 amide bonds. The molecule has 0 bridgehead atoms. The average Bonchev–Trinajstić information content (AvgIpc) is 3.57. The van der Waals surface area contributed by atoms with Gasteiger partial charge in [0.15, 0.2) is 0 Å². The quantitative estimate of drug-likeness (QED) is 0.486. The van der Waals surface area contributed by atoms with Crippen LogP contribution in [-0.4, -0.2) is 34.3 Å². The number of aliphatic imine (C=N–C) groups is 2. The Hall–Kier alpha value is -1.97. The summed E-state index contributed by atoms with van der Waals surface area (Å²) in [7, 11) is 0. The molecule has 4 heterocycles. The Morgan fingerprint density at radius 3 is 2.21 bits per heavy atom. The normalized spacial score (nSPS) is 20.6. The molecule has 2 aliphatic carbocycles. The van der Waals surface area contributed by atoms with Crippen molar-refractivity contribution in [2.24, 2.45) is 21.8 Å². The summed E-state index contributed by atoms with van der Waals surface area (Å²) in [5.74, 6) is 1.99. The number of nitrogens with zero attached hydrogens (tertiary/aromatic N) is 4. The fourth-order valence-electron chi connectivity index (χ4n) is 5.92. The molecule has 180 valence electrons. The van der Waals surface area contributed by atoms with Crippen molar-refractivity contribution in [1.29, 1.82) is 0 Å². The largest absolute Gasteiger partial charge is 0.285 e. The fourth-order valence-corrected chi connectivity index (χ4v) is 5.92. The lowest BCUT2D eigenvalue weighted by atomic mass is 9.98. The Kier molecular flexibility index (Phi) is 7.71. The van der Waals surface area contributed by atoms with Gasteiger partial charge in [-0.1, -0.05) is 41.5 Å². The highest BCUT2D eigenvalue weighted by atomic mass is 15.3. The minimum Gasteiger partial charge on any atom is -0.285 e. The molecule has 33 heavy (non-hydrogen) atoms. The molecule has 1 aromatic heterocycles. The van der Waals surface area contributed by atoms with Crippen molar-refractivity contribution >= 4 is 11.4 Å². The van der Waals surface area contributed by atoms with Gasteiger partial charge in [-0.25, -0.2) is 0 Å². The van der Waals surface area contributed by atoms with Crippen molar-refractivity contribution in [3.05, 3.63) is 39.7 Å². The minimum absolute atomic E-state index is 0.636. The number of hydrogen-bond donors (Lipinski definition) is 0. The molecular formula is C29H44N4. The van der Waals surface area contributed by atoms with E-state index in [2.05, 4.69) is 61.3 Å². The summed E-state index contributed by atoms with van der Waals surface area (Å²) in [5, 5.41) is 4.33. The van der Waals surface area contributed by atoms with Crippen LogP contribution in [0.2, 0.25) is 0 Å². The lowest BCUT2D eigenvalue weighted by Gasteiger charge is -2.06. The number of hydrogen-bond acceptors (Lipinski definition) is 3. The maximum absolute atomic E-state index is 4.56. The third kappa shape index (κ3) is 5.25. The van der Waals surface area contributed by atoms with Crippen molar-refractivity contribution in [1.82, 2.24) is 9.78 Å². The predicted octanol–water partition coefficient (Wildman–Crippen LogP) is 7.11. The van der Waals surface area contributed by atoms with E-state index in [0.717, 1.165) is 19.6 Å². The summed E-state index contributed by atoms with van der Waals surface area (Å²) < 4.78 is 2.15. The zero-order chi connectivity index (χ0) is 23.5. The van der Waals surface area contributed by atoms with Crippen LogP contribution >= 0.6 is 0 Å².